The molecule has 4 rings (SSSR count). The molecule has 0 N–H and O–H groups in total. The molecule has 0 amide bonds. The number of nitrogens with zero attached hydrogens (tertiary/aromatic N) is 1. The Balaban J connectivity index is 1.25. The van der Waals surface area contributed by atoms with Gasteiger partial charge in [0.25, 0.3) is 0 Å². The van der Waals surface area contributed by atoms with Gasteiger partial charge in [-0.1, -0.05) is 78.9 Å². The topological polar surface area (TPSA) is 59.3 Å². The molecule has 0 saturated heterocycles. The molecule has 0 radical (unpaired) electrons. The molecule has 0 aromatic heterocycles. The molecular formula is C34H33NO3. The van der Waals surface area contributed by atoms with Gasteiger partial charge in [0.15, 0.2) is 0 Å². The van der Waals surface area contributed by atoms with E-state index >= 15 is 0 Å². The fraction of sp³-hybridized carbons (Fsp3) is 0.235. The first-order valence-electron chi connectivity index (χ1n) is 13.1. The number of nitriles is 1. The number of hydrogen-bond donors (Lipinski definition) is 0. The van der Waals surface area contributed by atoms with Crippen molar-refractivity contribution in [3.63, 3.8) is 0 Å². The van der Waals surface area contributed by atoms with Gasteiger partial charge in [0.1, 0.15) is 12.4 Å². The lowest BCUT2D eigenvalue weighted by atomic mass is 9.92. The van der Waals surface area contributed by atoms with Gasteiger partial charge in [-0.2, -0.15) is 5.26 Å². The SMILES string of the molecule is COC(=O)C(CCCc1ccc(OCc2ccccc2)cc1)CCc1ccc(-c2cccc(C#N)c2)cc1. The summed E-state index contributed by atoms with van der Waals surface area (Å²) >= 11 is 0. The van der Waals surface area contributed by atoms with Crippen LogP contribution in [-0.2, 0) is 29.0 Å². The van der Waals surface area contributed by atoms with Crippen molar-refractivity contribution in [1.82, 2.24) is 0 Å². The van der Waals surface area contributed by atoms with Crippen molar-refractivity contribution in [2.24, 2.45) is 5.92 Å². The molecule has 4 aromatic rings. The van der Waals surface area contributed by atoms with Crippen molar-refractivity contribution in [3.05, 3.63) is 125 Å². The van der Waals surface area contributed by atoms with Crippen molar-refractivity contribution in [2.45, 2.75) is 38.7 Å². The van der Waals surface area contributed by atoms with Gasteiger partial charge in [-0.15, -0.1) is 0 Å². The van der Waals surface area contributed by atoms with Crippen molar-refractivity contribution in [2.75, 3.05) is 7.11 Å². The number of aryl methyl sites for hydroxylation is 2. The molecule has 192 valence electrons. The van der Waals surface area contributed by atoms with Gasteiger partial charge in [-0.05, 0) is 84.2 Å². The van der Waals surface area contributed by atoms with Gasteiger partial charge in [0, 0.05) is 0 Å². The Hall–Kier alpha value is -4.36. The van der Waals surface area contributed by atoms with Gasteiger partial charge in [-0.3, -0.25) is 4.79 Å². The number of methoxy groups -OCH3 is 1. The molecule has 0 saturated carbocycles. The molecule has 0 heterocycles. The van der Waals surface area contributed by atoms with Crippen molar-refractivity contribution >= 4 is 5.97 Å². The van der Waals surface area contributed by atoms with Crippen molar-refractivity contribution in [3.8, 4) is 22.9 Å². The summed E-state index contributed by atoms with van der Waals surface area (Å²) in [5, 5.41) is 9.14. The maximum absolute atomic E-state index is 12.4. The highest BCUT2D eigenvalue weighted by molar-refractivity contribution is 5.72. The number of carbonyl (C=O) groups is 1. The Morgan fingerprint density at radius 2 is 1.47 bits per heavy atom. The Kier molecular flexibility index (Phi) is 9.70. The Labute approximate surface area is 225 Å². The summed E-state index contributed by atoms with van der Waals surface area (Å²) < 4.78 is 11.0. The van der Waals surface area contributed by atoms with Crippen LogP contribution in [0.5, 0.6) is 5.75 Å². The molecule has 0 aliphatic rings. The van der Waals surface area contributed by atoms with Crippen LogP contribution < -0.4 is 4.74 Å². The van der Waals surface area contributed by atoms with E-state index in [1.807, 2.05) is 54.6 Å². The summed E-state index contributed by atoms with van der Waals surface area (Å²) in [5.74, 6) is 0.592. The van der Waals surface area contributed by atoms with E-state index in [4.69, 9.17) is 14.7 Å². The number of carbonyl (C=O) groups excluding carboxylic acids is 1. The summed E-state index contributed by atoms with van der Waals surface area (Å²) in [6, 6.07) is 36.5. The van der Waals surface area contributed by atoms with Crippen LogP contribution in [0.3, 0.4) is 0 Å². The van der Waals surface area contributed by atoms with Crippen LogP contribution in [0.15, 0.2) is 103 Å². The molecule has 38 heavy (non-hydrogen) atoms. The molecule has 0 bridgehead atoms. The smallest absolute Gasteiger partial charge is 0.308 e. The third-order valence-corrected chi connectivity index (χ3v) is 6.78. The average Bonchev–Trinajstić information content (AvgIpc) is 2.99. The molecule has 0 aliphatic carbocycles. The highest BCUT2D eigenvalue weighted by atomic mass is 16.5. The highest BCUT2D eigenvalue weighted by Crippen LogP contribution is 2.24. The predicted molar refractivity (Wildman–Crippen MR) is 151 cm³/mol. The van der Waals surface area contributed by atoms with Crippen LogP contribution >= 0.6 is 0 Å². The van der Waals surface area contributed by atoms with E-state index in [0.29, 0.717) is 12.2 Å². The van der Waals surface area contributed by atoms with Crippen LogP contribution in [0.1, 0.15) is 41.5 Å². The number of benzene rings is 4. The zero-order chi connectivity index (χ0) is 26.6. The van der Waals surface area contributed by atoms with E-state index in [2.05, 4.69) is 54.6 Å². The Morgan fingerprint density at radius 3 is 2.18 bits per heavy atom. The number of hydrogen-bond acceptors (Lipinski definition) is 4. The second kappa shape index (κ2) is 13.8. The van der Waals surface area contributed by atoms with Crippen LogP contribution in [0.2, 0.25) is 0 Å². The molecule has 0 spiro atoms. The van der Waals surface area contributed by atoms with E-state index < -0.39 is 0 Å². The van der Waals surface area contributed by atoms with Gasteiger partial charge >= 0.3 is 5.97 Å². The summed E-state index contributed by atoms with van der Waals surface area (Å²) in [5.41, 5.74) is 6.32. The van der Waals surface area contributed by atoms with E-state index in [9.17, 15) is 4.79 Å². The van der Waals surface area contributed by atoms with Crippen molar-refractivity contribution in [1.29, 1.82) is 5.26 Å². The first-order valence-corrected chi connectivity index (χ1v) is 13.1. The summed E-state index contributed by atoms with van der Waals surface area (Å²) in [4.78, 5) is 12.4. The first-order chi connectivity index (χ1) is 18.6. The fourth-order valence-corrected chi connectivity index (χ4v) is 4.57. The molecule has 0 aliphatic heterocycles. The van der Waals surface area contributed by atoms with Gasteiger partial charge in [0.2, 0.25) is 0 Å². The Morgan fingerprint density at radius 1 is 0.763 bits per heavy atom. The molecule has 4 nitrogen and oxygen atoms in total. The third-order valence-electron chi connectivity index (χ3n) is 6.78. The second-order valence-corrected chi connectivity index (χ2v) is 9.46. The third kappa shape index (κ3) is 7.82. The quantitative estimate of drug-likeness (QED) is 0.187. The lowest BCUT2D eigenvalue weighted by Gasteiger charge is -2.15. The van der Waals surface area contributed by atoms with Crippen LogP contribution in [0.4, 0.5) is 0 Å². The lowest BCUT2D eigenvalue weighted by molar-refractivity contribution is -0.145. The van der Waals surface area contributed by atoms with Gasteiger partial charge in [0.05, 0.1) is 24.7 Å². The second-order valence-electron chi connectivity index (χ2n) is 9.46. The zero-order valence-corrected chi connectivity index (χ0v) is 21.8. The van der Waals surface area contributed by atoms with Crippen LogP contribution in [0, 0.1) is 17.2 Å². The first kappa shape index (κ1) is 26.7. The largest absolute Gasteiger partial charge is 0.489 e. The highest BCUT2D eigenvalue weighted by Gasteiger charge is 2.19. The van der Waals surface area contributed by atoms with E-state index in [1.54, 1.807) is 0 Å². The van der Waals surface area contributed by atoms with Crippen LogP contribution in [-0.4, -0.2) is 13.1 Å². The standard InChI is InChI=1S/C34H33NO3/c1-37-34(36)31(20-15-27-13-18-30(19-14-27)32-12-6-10-29(23-32)24-35)11-5-9-26-16-21-33(22-17-26)38-25-28-7-3-2-4-8-28/h2-4,6-8,10,12-14,16-19,21-23,31H,5,9,11,15,20,25H2,1H3. The minimum Gasteiger partial charge on any atom is -0.489 e. The Bertz CT molecular complexity index is 1340. The van der Waals surface area contributed by atoms with E-state index in [-0.39, 0.29) is 11.9 Å². The van der Waals surface area contributed by atoms with E-state index in [1.165, 1.54) is 18.2 Å². The molecular weight excluding hydrogens is 470 g/mol. The average molecular weight is 504 g/mol. The number of esters is 1. The molecule has 1 unspecified atom stereocenters. The molecule has 1 atom stereocenters. The van der Waals surface area contributed by atoms with Gasteiger partial charge in [-0.25, -0.2) is 0 Å². The van der Waals surface area contributed by atoms with Crippen LogP contribution in [0.25, 0.3) is 11.1 Å². The molecule has 4 heteroatoms. The van der Waals surface area contributed by atoms with Gasteiger partial charge < -0.3 is 9.47 Å². The predicted octanol–water partition coefficient (Wildman–Crippen LogP) is 7.55. The summed E-state index contributed by atoms with van der Waals surface area (Å²) in [7, 11) is 1.47. The maximum Gasteiger partial charge on any atom is 0.308 e. The summed E-state index contributed by atoms with van der Waals surface area (Å²) in [6.45, 7) is 0.554. The minimum atomic E-state index is -0.139. The fourth-order valence-electron chi connectivity index (χ4n) is 4.57. The number of rotatable bonds is 12. The zero-order valence-electron chi connectivity index (χ0n) is 21.8. The number of ether oxygens (including phenoxy) is 2. The monoisotopic (exact) mass is 503 g/mol. The maximum atomic E-state index is 12.4. The van der Waals surface area contributed by atoms with Crippen molar-refractivity contribution < 1.29 is 14.3 Å². The molecule has 0 fully saturated rings. The normalized spacial score (nSPS) is 11.4. The summed E-state index contributed by atoms with van der Waals surface area (Å²) in [6.07, 6.45) is 4.17. The lowest BCUT2D eigenvalue weighted by Crippen LogP contribution is -2.17. The molecule has 4 aromatic carbocycles. The minimum absolute atomic E-state index is 0.125. The van der Waals surface area contributed by atoms with E-state index in [0.717, 1.165) is 54.5 Å².